The molecule has 0 aliphatic heterocycles. The van der Waals surface area contributed by atoms with Crippen LogP contribution in [0.2, 0.25) is 0 Å². The molecule has 0 spiro atoms. The summed E-state index contributed by atoms with van der Waals surface area (Å²) < 4.78 is 12.6. The molecule has 0 heterocycles. The van der Waals surface area contributed by atoms with Crippen molar-refractivity contribution in [3.63, 3.8) is 0 Å². The van der Waals surface area contributed by atoms with Crippen molar-refractivity contribution in [1.82, 2.24) is 0 Å². The third kappa shape index (κ3) is 23.4. The molecule has 2 nitrogen and oxygen atoms in total. The number of hydrogen-bond donors (Lipinski definition) is 0. The van der Waals surface area contributed by atoms with Gasteiger partial charge in [-0.3, -0.25) is 0 Å². The molecule has 0 saturated heterocycles. The highest BCUT2D eigenvalue weighted by Gasteiger charge is 2.05. The fourth-order valence-electron chi connectivity index (χ4n) is 6.59. The van der Waals surface area contributed by atoms with E-state index < -0.39 is 0 Å². The number of allylic oxidation sites excluding steroid dienone is 1. The predicted molar refractivity (Wildman–Crippen MR) is 225 cm³/mol. The van der Waals surface area contributed by atoms with Crippen molar-refractivity contribution < 1.29 is 9.47 Å². The highest BCUT2D eigenvalue weighted by Crippen LogP contribution is 2.25. The normalized spacial score (nSPS) is 11.5. The Morgan fingerprint density at radius 3 is 1.40 bits per heavy atom. The van der Waals surface area contributed by atoms with Crippen molar-refractivity contribution in [2.24, 2.45) is 5.92 Å². The zero-order valence-electron chi connectivity index (χ0n) is 33.1. The lowest BCUT2D eigenvalue weighted by Gasteiger charge is -2.12. The molecule has 0 amide bonds. The van der Waals surface area contributed by atoms with Crippen molar-refractivity contribution >= 4 is 23.2 Å². The van der Waals surface area contributed by atoms with Gasteiger partial charge in [-0.05, 0) is 66.5 Å². The van der Waals surface area contributed by atoms with Crippen LogP contribution in [0.5, 0.6) is 11.5 Å². The average Bonchev–Trinajstić information content (AvgIpc) is 3.11. The maximum Gasteiger partial charge on any atom is 0.123 e. The minimum absolute atomic E-state index is 0.754. The summed E-state index contributed by atoms with van der Waals surface area (Å²) in [6.45, 7) is 10.7. The minimum Gasteiger partial charge on any atom is -0.493 e. The fourth-order valence-corrected chi connectivity index (χ4v) is 6.79. The van der Waals surface area contributed by atoms with E-state index in [1.54, 1.807) is 0 Å². The lowest BCUT2D eigenvalue weighted by atomic mass is 10.0. The van der Waals surface area contributed by atoms with E-state index in [1.807, 2.05) is 0 Å². The van der Waals surface area contributed by atoms with Gasteiger partial charge < -0.3 is 9.47 Å². The first-order chi connectivity index (χ1) is 24.5. The van der Waals surface area contributed by atoms with Crippen LogP contribution in [0.1, 0.15) is 198 Å². The summed E-state index contributed by atoms with van der Waals surface area (Å²) in [5, 5.41) is 0. The Morgan fingerprint density at radius 2 is 0.980 bits per heavy atom. The fraction of sp³-hybridized carbons (Fsp3) is 0.681. The number of benzene rings is 2. The van der Waals surface area contributed by atoms with Crippen molar-refractivity contribution in [2.75, 3.05) is 13.2 Å². The standard InChI is InChI=1S/C47H76O2S/c1-5-7-9-11-13-15-17-19-21-23-25-36-48-45-38-43(32-35-47(50)44-33-30-42(31-34-44)29-27-28-41(3)4)39-46(40-45)49-37-26-24-22-20-18-16-14-12-10-8-6-2/h30-35,38-41H,5-29,36-37H2,1-4H3. The van der Waals surface area contributed by atoms with Crippen LogP contribution in [0, 0.1) is 5.92 Å². The summed E-state index contributed by atoms with van der Waals surface area (Å²) in [5.41, 5.74) is 3.56. The highest BCUT2D eigenvalue weighted by molar-refractivity contribution is 7.81. The Labute approximate surface area is 315 Å². The van der Waals surface area contributed by atoms with Gasteiger partial charge in [-0.1, -0.05) is 205 Å². The second-order valence-corrected chi connectivity index (χ2v) is 15.6. The van der Waals surface area contributed by atoms with Gasteiger partial charge in [0.15, 0.2) is 0 Å². The smallest absolute Gasteiger partial charge is 0.123 e. The Balaban J connectivity index is 1.83. The summed E-state index contributed by atoms with van der Waals surface area (Å²) in [6, 6.07) is 15.2. The molecule has 0 radical (unpaired) electrons. The molecular formula is C47H76O2S. The van der Waals surface area contributed by atoms with Crippen LogP contribution in [0.15, 0.2) is 48.5 Å². The number of aryl methyl sites for hydroxylation is 1. The molecule has 2 aromatic carbocycles. The van der Waals surface area contributed by atoms with Gasteiger partial charge in [0.25, 0.3) is 0 Å². The molecule has 0 aliphatic rings. The molecule has 50 heavy (non-hydrogen) atoms. The molecule has 0 atom stereocenters. The van der Waals surface area contributed by atoms with Crippen LogP contribution < -0.4 is 9.47 Å². The number of unbranched alkanes of at least 4 members (excludes halogenated alkanes) is 20. The molecule has 0 saturated carbocycles. The average molecular weight is 705 g/mol. The first kappa shape index (κ1) is 44.0. The van der Waals surface area contributed by atoms with Crippen molar-refractivity contribution in [3.05, 3.63) is 65.2 Å². The maximum absolute atomic E-state index is 6.29. The molecule has 0 bridgehead atoms. The Morgan fingerprint density at radius 1 is 0.560 bits per heavy atom. The van der Waals surface area contributed by atoms with E-state index in [4.69, 9.17) is 21.7 Å². The molecule has 0 aliphatic carbocycles. The van der Waals surface area contributed by atoms with Crippen molar-refractivity contribution in [1.29, 1.82) is 0 Å². The van der Waals surface area contributed by atoms with Crippen LogP contribution >= 0.6 is 12.2 Å². The van der Waals surface area contributed by atoms with E-state index in [-0.39, 0.29) is 0 Å². The van der Waals surface area contributed by atoms with E-state index in [0.717, 1.165) is 65.9 Å². The second kappa shape index (κ2) is 30.5. The lowest BCUT2D eigenvalue weighted by molar-refractivity contribution is 0.289. The topological polar surface area (TPSA) is 18.5 Å². The summed E-state index contributed by atoms with van der Waals surface area (Å²) in [7, 11) is 0. The summed E-state index contributed by atoms with van der Waals surface area (Å²) in [5.74, 6) is 2.55. The monoisotopic (exact) mass is 705 g/mol. The Hall–Kier alpha value is -2.13. The van der Waals surface area contributed by atoms with Gasteiger partial charge in [-0.2, -0.15) is 0 Å². The van der Waals surface area contributed by atoms with E-state index in [2.05, 4.69) is 82.3 Å². The van der Waals surface area contributed by atoms with Crippen LogP contribution in [0.25, 0.3) is 6.08 Å². The van der Waals surface area contributed by atoms with Gasteiger partial charge in [0.05, 0.1) is 13.2 Å². The SMILES string of the molecule is CCCCCCCCCCCCCOc1cc(C=CC(=S)c2ccc(CCCC(C)C)cc2)cc(OCCCCCCCCCCCCC)c1. The van der Waals surface area contributed by atoms with E-state index >= 15 is 0 Å². The number of rotatable bonds is 33. The molecule has 282 valence electrons. The molecular weight excluding hydrogens is 629 g/mol. The summed E-state index contributed by atoms with van der Waals surface area (Å²) in [4.78, 5) is 0.856. The predicted octanol–water partition coefficient (Wildman–Crippen LogP) is 15.5. The van der Waals surface area contributed by atoms with Crippen LogP contribution in [0.4, 0.5) is 0 Å². The molecule has 2 aromatic rings. The van der Waals surface area contributed by atoms with Crippen molar-refractivity contribution in [3.8, 4) is 11.5 Å². The first-order valence-electron chi connectivity index (χ1n) is 21.2. The molecule has 0 aromatic heterocycles. The number of thiocarbonyl (C=S) groups is 1. The zero-order valence-corrected chi connectivity index (χ0v) is 33.9. The van der Waals surface area contributed by atoms with Gasteiger partial charge in [-0.25, -0.2) is 0 Å². The van der Waals surface area contributed by atoms with Gasteiger partial charge in [0.1, 0.15) is 11.5 Å². The quantitative estimate of drug-likeness (QED) is 0.0319. The Bertz CT molecular complexity index is 1070. The third-order valence-corrected chi connectivity index (χ3v) is 10.2. The zero-order chi connectivity index (χ0) is 35.9. The van der Waals surface area contributed by atoms with Crippen molar-refractivity contribution in [2.45, 2.75) is 188 Å². The van der Waals surface area contributed by atoms with E-state index in [0.29, 0.717) is 0 Å². The van der Waals surface area contributed by atoms with Crippen LogP contribution in [-0.2, 0) is 6.42 Å². The van der Waals surface area contributed by atoms with Crippen LogP contribution in [-0.4, -0.2) is 18.1 Å². The highest BCUT2D eigenvalue weighted by atomic mass is 32.1. The molecule has 3 heteroatoms. The molecule has 0 N–H and O–H groups in total. The summed E-state index contributed by atoms with van der Waals surface area (Å²) >= 11 is 5.82. The number of hydrogen-bond acceptors (Lipinski definition) is 3. The third-order valence-electron chi connectivity index (χ3n) is 9.85. The van der Waals surface area contributed by atoms with Gasteiger partial charge >= 0.3 is 0 Å². The molecule has 2 rings (SSSR count). The van der Waals surface area contributed by atoms with Crippen LogP contribution in [0.3, 0.4) is 0 Å². The van der Waals surface area contributed by atoms with E-state index in [1.165, 1.54) is 147 Å². The van der Waals surface area contributed by atoms with Gasteiger partial charge in [-0.15, -0.1) is 0 Å². The minimum atomic E-state index is 0.754. The van der Waals surface area contributed by atoms with Gasteiger partial charge in [0, 0.05) is 10.9 Å². The lowest BCUT2D eigenvalue weighted by Crippen LogP contribution is -2.01. The van der Waals surface area contributed by atoms with E-state index in [9.17, 15) is 0 Å². The van der Waals surface area contributed by atoms with Gasteiger partial charge in [0.2, 0.25) is 0 Å². The second-order valence-electron chi connectivity index (χ2n) is 15.2. The molecule has 0 unspecified atom stereocenters. The maximum atomic E-state index is 6.29. The first-order valence-corrected chi connectivity index (χ1v) is 21.6. The summed E-state index contributed by atoms with van der Waals surface area (Å²) in [6.07, 6.45) is 37.3. The Kier molecular flexibility index (Phi) is 26.9. The number of ether oxygens (including phenoxy) is 2. The largest absolute Gasteiger partial charge is 0.493 e. The molecule has 0 fully saturated rings.